The van der Waals surface area contributed by atoms with Crippen molar-refractivity contribution >= 4 is 44.8 Å². The third-order valence-corrected chi connectivity index (χ3v) is 5.14. The second kappa shape index (κ2) is 7.16. The molecule has 5 heteroatoms. The summed E-state index contributed by atoms with van der Waals surface area (Å²) < 4.78 is 6.57. The lowest BCUT2D eigenvalue weighted by molar-refractivity contribution is 0.00598. The van der Waals surface area contributed by atoms with Crippen molar-refractivity contribution in [2.75, 3.05) is 11.9 Å². The zero-order valence-electron chi connectivity index (χ0n) is 10.9. The Bertz CT molecular complexity index is 440. The third kappa shape index (κ3) is 4.01. The van der Waals surface area contributed by atoms with Crippen LogP contribution in [0.1, 0.15) is 32.6 Å². The minimum Gasteiger partial charge on any atom is -0.381 e. The summed E-state index contributed by atoms with van der Waals surface area (Å²) in [6.07, 6.45) is 4.66. The fourth-order valence-electron chi connectivity index (χ4n) is 2.39. The van der Waals surface area contributed by atoms with Crippen LogP contribution in [0.4, 0.5) is 5.69 Å². The van der Waals surface area contributed by atoms with Gasteiger partial charge in [-0.1, -0.05) is 36.5 Å². The van der Waals surface area contributed by atoms with Gasteiger partial charge in [-0.3, -0.25) is 0 Å². The van der Waals surface area contributed by atoms with Crippen molar-refractivity contribution in [3.05, 3.63) is 26.7 Å². The molecule has 0 radical (unpaired) electrons. The molecule has 2 unspecified atom stereocenters. The summed E-state index contributed by atoms with van der Waals surface area (Å²) in [5, 5.41) is 4.63. The van der Waals surface area contributed by atoms with Gasteiger partial charge in [-0.15, -0.1) is 0 Å². The Morgan fingerprint density at radius 1 is 1.37 bits per heavy atom. The van der Waals surface area contributed by atoms with Crippen LogP contribution in [-0.2, 0) is 4.74 Å². The number of anilines is 1. The summed E-state index contributed by atoms with van der Waals surface area (Å²) in [6.45, 7) is 3.00. The monoisotopic (exact) mass is 365 g/mol. The molecule has 1 aromatic rings. The maximum Gasteiger partial charge on any atom is 0.0835 e. The highest BCUT2D eigenvalue weighted by atomic mass is 79.9. The van der Waals surface area contributed by atoms with Gasteiger partial charge in [0.1, 0.15) is 0 Å². The highest BCUT2D eigenvalue weighted by Crippen LogP contribution is 2.36. The first-order valence-electron chi connectivity index (χ1n) is 6.63. The number of rotatable bonds is 4. The second-order valence-corrected chi connectivity index (χ2v) is 6.48. The van der Waals surface area contributed by atoms with Crippen LogP contribution in [0.2, 0.25) is 10.0 Å². The molecule has 2 rings (SSSR count). The quantitative estimate of drug-likeness (QED) is 0.708. The van der Waals surface area contributed by atoms with Crippen LogP contribution in [0.3, 0.4) is 0 Å². The number of nitrogens with one attached hydrogen (secondary N) is 1. The maximum absolute atomic E-state index is 6.26. The predicted octanol–water partition coefficient (Wildman–Crippen LogP) is 5.52. The number of hydrogen-bond donors (Lipinski definition) is 1. The molecule has 2 atom stereocenters. The van der Waals surface area contributed by atoms with E-state index in [0.29, 0.717) is 22.2 Å². The number of halogens is 3. The average Bonchev–Trinajstić information content (AvgIpc) is 2.40. The lowest BCUT2D eigenvalue weighted by atomic mass is 10.00. The molecule has 0 bridgehead atoms. The summed E-state index contributed by atoms with van der Waals surface area (Å²) in [4.78, 5) is 0. The molecule has 19 heavy (non-hydrogen) atoms. The van der Waals surface area contributed by atoms with E-state index in [2.05, 4.69) is 28.2 Å². The van der Waals surface area contributed by atoms with E-state index in [-0.39, 0.29) is 0 Å². The number of benzene rings is 1. The molecule has 0 spiro atoms. The molecule has 1 N–H and O–H groups in total. The third-order valence-electron chi connectivity index (χ3n) is 3.37. The maximum atomic E-state index is 6.26. The molecular formula is C14H18BrCl2NO. The van der Waals surface area contributed by atoms with Gasteiger partial charge in [-0.25, -0.2) is 0 Å². The molecule has 0 aromatic heterocycles. The first-order valence-corrected chi connectivity index (χ1v) is 8.18. The summed E-state index contributed by atoms with van der Waals surface area (Å²) in [7, 11) is 0. The minimum atomic E-state index is 0.362. The topological polar surface area (TPSA) is 21.3 Å². The predicted molar refractivity (Wildman–Crippen MR) is 85.5 cm³/mol. The van der Waals surface area contributed by atoms with E-state index in [9.17, 15) is 0 Å². The summed E-state index contributed by atoms with van der Waals surface area (Å²) in [5.74, 6) is 0. The van der Waals surface area contributed by atoms with E-state index in [0.717, 1.165) is 42.5 Å². The molecule has 0 aliphatic carbocycles. The second-order valence-electron chi connectivity index (χ2n) is 4.87. The van der Waals surface area contributed by atoms with Gasteiger partial charge in [0.15, 0.2) is 0 Å². The molecule has 1 saturated heterocycles. The molecule has 2 nitrogen and oxygen atoms in total. The Hall–Kier alpha value is 0.0400. The number of hydrogen-bond acceptors (Lipinski definition) is 2. The molecule has 0 saturated carbocycles. The normalized spacial score (nSPS) is 23.4. The zero-order valence-corrected chi connectivity index (χ0v) is 14.0. The van der Waals surface area contributed by atoms with E-state index in [4.69, 9.17) is 27.9 Å². The molecule has 0 amide bonds. The van der Waals surface area contributed by atoms with Crippen LogP contribution in [0, 0.1) is 0 Å². The smallest absolute Gasteiger partial charge is 0.0835 e. The minimum absolute atomic E-state index is 0.362. The van der Waals surface area contributed by atoms with Crippen molar-refractivity contribution in [1.82, 2.24) is 0 Å². The zero-order chi connectivity index (χ0) is 13.8. The van der Waals surface area contributed by atoms with Gasteiger partial charge >= 0.3 is 0 Å². The van der Waals surface area contributed by atoms with Crippen LogP contribution in [0.5, 0.6) is 0 Å². The van der Waals surface area contributed by atoms with Gasteiger partial charge in [0.2, 0.25) is 0 Å². The van der Waals surface area contributed by atoms with Gasteiger partial charge < -0.3 is 10.1 Å². The molecule has 1 aliphatic rings. The van der Waals surface area contributed by atoms with E-state index < -0.39 is 0 Å². The van der Waals surface area contributed by atoms with Gasteiger partial charge in [0, 0.05) is 17.1 Å². The van der Waals surface area contributed by atoms with Crippen molar-refractivity contribution in [1.29, 1.82) is 0 Å². The summed E-state index contributed by atoms with van der Waals surface area (Å²) >= 11 is 15.8. The standard InChI is InChI=1S/C14H18BrCl2NO/c1-2-3-10-8-9(6-7-19-10)18-12-5-4-11(15)13(16)14(12)17/h4-5,9-10,18H,2-3,6-8H2,1H3. The Morgan fingerprint density at radius 3 is 2.89 bits per heavy atom. The molecular weight excluding hydrogens is 349 g/mol. The van der Waals surface area contributed by atoms with Crippen LogP contribution in [-0.4, -0.2) is 18.8 Å². The summed E-state index contributed by atoms with van der Waals surface area (Å²) in [6, 6.07) is 4.28. The number of ether oxygens (including phenoxy) is 1. The molecule has 1 aromatic carbocycles. The Balaban J connectivity index is 2.03. The van der Waals surface area contributed by atoms with E-state index in [1.807, 2.05) is 12.1 Å². The fourth-order valence-corrected chi connectivity index (χ4v) is 3.22. The summed E-state index contributed by atoms with van der Waals surface area (Å²) in [5.41, 5.74) is 0.900. The van der Waals surface area contributed by atoms with E-state index in [1.54, 1.807) is 0 Å². The van der Waals surface area contributed by atoms with Crippen molar-refractivity contribution in [2.24, 2.45) is 0 Å². The van der Waals surface area contributed by atoms with Gasteiger partial charge in [-0.2, -0.15) is 0 Å². The van der Waals surface area contributed by atoms with Crippen LogP contribution in [0.25, 0.3) is 0 Å². The molecule has 106 valence electrons. The fraction of sp³-hybridized carbons (Fsp3) is 0.571. The highest BCUT2D eigenvalue weighted by Gasteiger charge is 2.22. The van der Waals surface area contributed by atoms with E-state index in [1.165, 1.54) is 0 Å². The SMILES string of the molecule is CCCC1CC(Nc2ccc(Br)c(Cl)c2Cl)CCO1. The molecule has 1 heterocycles. The van der Waals surface area contributed by atoms with Crippen LogP contribution in [0.15, 0.2) is 16.6 Å². The average molecular weight is 367 g/mol. The Kier molecular flexibility index (Phi) is 5.82. The highest BCUT2D eigenvalue weighted by molar-refractivity contribution is 9.10. The first kappa shape index (κ1) is 15.4. The van der Waals surface area contributed by atoms with Crippen LogP contribution >= 0.6 is 39.1 Å². The molecule has 1 aliphatic heterocycles. The first-order chi connectivity index (χ1) is 9.11. The Labute approximate surface area is 132 Å². The van der Waals surface area contributed by atoms with Crippen molar-refractivity contribution in [2.45, 2.75) is 44.8 Å². The van der Waals surface area contributed by atoms with Gasteiger partial charge in [0.25, 0.3) is 0 Å². The van der Waals surface area contributed by atoms with Gasteiger partial charge in [-0.05, 0) is 47.3 Å². The van der Waals surface area contributed by atoms with Crippen molar-refractivity contribution in [3.63, 3.8) is 0 Å². The van der Waals surface area contributed by atoms with Crippen molar-refractivity contribution < 1.29 is 4.74 Å². The van der Waals surface area contributed by atoms with Crippen LogP contribution < -0.4 is 5.32 Å². The lowest BCUT2D eigenvalue weighted by Gasteiger charge is -2.31. The Morgan fingerprint density at radius 2 is 2.16 bits per heavy atom. The lowest BCUT2D eigenvalue weighted by Crippen LogP contribution is -2.34. The van der Waals surface area contributed by atoms with E-state index >= 15 is 0 Å². The molecule has 1 fully saturated rings. The van der Waals surface area contributed by atoms with Crippen molar-refractivity contribution in [3.8, 4) is 0 Å². The van der Waals surface area contributed by atoms with Gasteiger partial charge in [0.05, 0.1) is 21.8 Å². The largest absolute Gasteiger partial charge is 0.381 e.